The lowest BCUT2D eigenvalue weighted by Crippen LogP contribution is -1.94. The van der Waals surface area contributed by atoms with Crippen LogP contribution in [0.2, 0.25) is 0 Å². The van der Waals surface area contributed by atoms with Crippen molar-refractivity contribution >= 4 is 37.7 Å². The van der Waals surface area contributed by atoms with E-state index in [1.54, 1.807) is 0 Å². The van der Waals surface area contributed by atoms with Gasteiger partial charge in [0.1, 0.15) is 0 Å². The summed E-state index contributed by atoms with van der Waals surface area (Å²) in [5.41, 5.74) is 9.77. The first-order chi connectivity index (χ1) is 18.7. The van der Waals surface area contributed by atoms with Crippen molar-refractivity contribution in [1.29, 1.82) is 0 Å². The molecule has 0 aliphatic heterocycles. The molecule has 0 aliphatic rings. The van der Waals surface area contributed by atoms with Crippen molar-refractivity contribution in [3.63, 3.8) is 0 Å². The van der Waals surface area contributed by atoms with Gasteiger partial charge in [-0.15, -0.1) is 0 Å². The predicted molar refractivity (Wildman–Crippen MR) is 160 cm³/mol. The Bertz CT molecular complexity index is 1910. The molecule has 0 saturated carbocycles. The van der Waals surface area contributed by atoms with Crippen LogP contribution in [0.3, 0.4) is 0 Å². The van der Waals surface area contributed by atoms with E-state index in [4.69, 9.17) is 4.98 Å². The fourth-order valence-corrected chi connectivity index (χ4v) is 5.55. The molecule has 7 rings (SSSR count). The first-order valence-corrected chi connectivity index (χ1v) is 13.3. The number of halogens is 1. The molecule has 180 valence electrons. The number of hydrogen-bond acceptors (Lipinski definition) is 2. The molecule has 0 atom stereocenters. The first-order valence-electron chi connectivity index (χ1n) is 12.5. The van der Waals surface area contributed by atoms with Gasteiger partial charge in [-0.1, -0.05) is 97.1 Å². The van der Waals surface area contributed by atoms with E-state index in [1.165, 1.54) is 32.9 Å². The summed E-state index contributed by atoms with van der Waals surface area (Å²) in [6, 6.07) is 46.7. The third-order valence-electron chi connectivity index (χ3n) is 6.97. The van der Waals surface area contributed by atoms with Crippen LogP contribution in [0, 0.1) is 0 Å². The average Bonchev–Trinajstić information content (AvgIpc) is 3.31. The van der Waals surface area contributed by atoms with Crippen LogP contribution < -0.4 is 0 Å². The molecule has 7 aromatic rings. The zero-order valence-electron chi connectivity index (χ0n) is 20.4. The molecular formula is C34H22BrN3. The van der Waals surface area contributed by atoms with Crippen LogP contribution in [0.25, 0.3) is 61.1 Å². The largest absolute Gasteiger partial charge is 0.309 e. The molecule has 0 spiro atoms. The van der Waals surface area contributed by atoms with Gasteiger partial charge < -0.3 is 4.57 Å². The molecule has 4 heteroatoms. The summed E-state index contributed by atoms with van der Waals surface area (Å²) >= 11 is 3.56. The van der Waals surface area contributed by atoms with E-state index >= 15 is 0 Å². The molecule has 0 fully saturated rings. The number of benzene rings is 5. The summed E-state index contributed by atoms with van der Waals surface area (Å²) in [4.78, 5) is 9.43. The lowest BCUT2D eigenvalue weighted by Gasteiger charge is -2.09. The smallest absolute Gasteiger partial charge is 0.197 e. The Kier molecular flexibility index (Phi) is 5.60. The topological polar surface area (TPSA) is 30.7 Å². The Morgan fingerprint density at radius 2 is 1.00 bits per heavy atom. The van der Waals surface area contributed by atoms with Gasteiger partial charge in [0.25, 0.3) is 0 Å². The van der Waals surface area contributed by atoms with Gasteiger partial charge in [0.2, 0.25) is 0 Å². The lowest BCUT2D eigenvalue weighted by atomic mass is 10.0. The molecule has 0 unspecified atom stereocenters. The lowest BCUT2D eigenvalue weighted by molar-refractivity contribution is 1.12. The molecule has 2 heterocycles. The van der Waals surface area contributed by atoms with Gasteiger partial charge in [-0.3, -0.25) is 0 Å². The van der Waals surface area contributed by atoms with Gasteiger partial charge in [0, 0.05) is 27.6 Å². The second-order valence-electron chi connectivity index (χ2n) is 9.27. The third kappa shape index (κ3) is 4.00. The summed E-state index contributed by atoms with van der Waals surface area (Å²) < 4.78 is 2.90. The Morgan fingerprint density at radius 1 is 0.447 bits per heavy atom. The number of rotatable bonds is 4. The van der Waals surface area contributed by atoms with Crippen molar-refractivity contribution < 1.29 is 0 Å². The summed E-state index contributed by atoms with van der Waals surface area (Å²) in [7, 11) is 0. The highest BCUT2D eigenvalue weighted by Crippen LogP contribution is 2.35. The molecule has 0 amide bonds. The Morgan fingerprint density at radius 3 is 1.76 bits per heavy atom. The van der Waals surface area contributed by atoms with Crippen molar-refractivity contribution in [1.82, 2.24) is 14.5 Å². The molecule has 0 aliphatic carbocycles. The number of para-hydroxylation sites is 2. The maximum Gasteiger partial charge on any atom is 0.197 e. The Hall–Kier alpha value is -4.54. The Labute approximate surface area is 229 Å². The summed E-state index contributed by atoms with van der Waals surface area (Å²) in [5.74, 6) is 0. The van der Waals surface area contributed by atoms with Crippen molar-refractivity contribution in [2.24, 2.45) is 0 Å². The number of fused-ring (bicyclic) bond motifs is 3. The predicted octanol–water partition coefficient (Wildman–Crippen LogP) is 9.34. The van der Waals surface area contributed by atoms with Crippen molar-refractivity contribution in [2.45, 2.75) is 0 Å². The van der Waals surface area contributed by atoms with Crippen LogP contribution >= 0.6 is 15.9 Å². The SMILES string of the molecule is Brc1nc(-c2ccc(-c3ccccc3)cc2)cc(-c2ccc3c(c2)c2ccccc2n3-c2ccccc2)n1. The second kappa shape index (κ2) is 9.40. The van der Waals surface area contributed by atoms with Crippen molar-refractivity contribution in [3.8, 4) is 39.3 Å². The zero-order chi connectivity index (χ0) is 25.5. The minimum Gasteiger partial charge on any atom is -0.309 e. The van der Waals surface area contributed by atoms with E-state index in [9.17, 15) is 0 Å². The zero-order valence-corrected chi connectivity index (χ0v) is 22.0. The molecule has 0 N–H and O–H groups in total. The van der Waals surface area contributed by atoms with Gasteiger partial charge >= 0.3 is 0 Å². The highest BCUT2D eigenvalue weighted by atomic mass is 79.9. The molecule has 2 aromatic heterocycles. The minimum absolute atomic E-state index is 0.573. The van der Waals surface area contributed by atoms with E-state index in [1.807, 2.05) is 6.07 Å². The quantitative estimate of drug-likeness (QED) is 0.204. The number of nitrogens with zero attached hydrogens (tertiary/aromatic N) is 3. The van der Waals surface area contributed by atoms with Crippen LogP contribution in [-0.4, -0.2) is 14.5 Å². The van der Waals surface area contributed by atoms with E-state index in [0.717, 1.165) is 28.2 Å². The summed E-state index contributed by atoms with van der Waals surface area (Å²) in [6.45, 7) is 0. The van der Waals surface area contributed by atoms with Crippen LogP contribution in [0.15, 0.2) is 138 Å². The van der Waals surface area contributed by atoms with Gasteiger partial charge in [0.15, 0.2) is 4.73 Å². The van der Waals surface area contributed by atoms with Gasteiger partial charge in [-0.2, -0.15) is 0 Å². The van der Waals surface area contributed by atoms with Crippen molar-refractivity contribution in [3.05, 3.63) is 138 Å². The molecular weight excluding hydrogens is 530 g/mol. The normalized spacial score (nSPS) is 11.3. The molecule has 38 heavy (non-hydrogen) atoms. The average molecular weight is 552 g/mol. The van der Waals surface area contributed by atoms with E-state index in [-0.39, 0.29) is 0 Å². The van der Waals surface area contributed by atoms with E-state index < -0.39 is 0 Å². The summed E-state index contributed by atoms with van der Waals surface area (Å²) in [6.07, 6.45) is 0. The standard InChI is InChI=1S/C34H22BrN3/c35-34-36-30(25-17-15-24(16-18-25)23-9-3-1-4-10-23)22-31(37-34)26-19-20-33-29(21-26)28-13-7-8-14-32(28)38(33)27-11-5-2-6-12-27/h1-22H. The number of hydrogen-bond donors (Lipinski definition) is 0. The minimum atomic E-state index is 0.573. The van der Waals surface area contributed by atoms with Gasteiger partial charge in [-0.25, -0.2) is 9.97 Å². The summed E-state index contributed by atoms with van der Waals surface area (Å²) in [5, 5.41) is 2.42. The highest BCUT2D eigenvalue weighted by molar-refractivity contribution is 9.10. The van der Waals surface area contributed by atoms with Crippen LogP contribution in [0.1, 0.15) is 0 Å². The maximum atomic E-state index is 4.75. The number of aromatic nitrogens is 3. The molecule has 5 aromatic carbocycles. The second-order valence-corrected chi connectivity index (χ2v) is 9.98. The monoisotopic (exact) mass is 551 g/mol. The molecule has 0 saturated heterocycles. The van der Waals surface area contributed by atoms with Crippen LogP contribution in [0.5, 0.6) is 0 Å². The van der Waals surface area contributed by atoms with Gasteiger partial charge in [0.05, 0.1) is 22.4 Å². The highest BCUT2D eigenvalue weighted by Gasteiger charge is 2.14. The Balaban J connectivity index is 1.33. The fraction of sp³-hybridized carbons (Fsp3) is 0. The molecule has 0 bridgehead atoms. The fourth-order valence-electron chi connectivity index (χ4n) is 5.17. The third-order valence-corrected chi connectivity index (χ3v) is 7.32. The van der Waals surface area contributed by atoms with E-state index in [2.05, 4.69) is 153 Å². The van der Waals surface area contributed by atoms with Crippen LogP contribution in [0.4, 0.5) is 0 Å². The van der Waals surface area contributed by atoms with Crippen LogP contribution in [-0.2, 0) is 0 Å². The molecule has 0 radical (unpaired) electrons. The van der Waals surface area contributed by atoms with E-state index in [0.29, 0.717) is 4.73 Å². The maximum absolute atomic E-state index is 4.75. The molecule has 3 nitrogen and oxygen atoms in total. The first kappa shape index (κ1) is 22.6. The van der Waals surface area contributed by atoms with Crippen molar-refractivity contribution in [2.75, 3.05) is 0 Å². The van der Waals surface area contributed by atoms with Gasteiger partial charge in [-0.05, 0) is 63.5 Å².